The van der Waals surface area contributed by atoms with Gasteiger partial charge >= 0.3 is 0 Å². The Morgan fingerprint density at radius 1 is 1.13 bits per heavy atom. The molecule has 0 aliphatic heterocycles. The van der Waals surface area contributed by atoms with Crippen LogP contribution in [0.3, 0.4) is 0 Å². The SMILES string of the molecule is O=C(CSc1nnnn1-c1ccccc1)c1cc(F)ccc1F. The summed E-state index contributed by atoms with van der Waals surface area (Å²) in [5, 5.41) is 11.7. The van der Waals surface area contributed by atoms with Gasteiger partial charge in [-0.3, -0.25) is 4.79 Å². The molecule has 0 fully saturated rings. The van der Waals surface area contributed by atoms with E-state index in [9.17, 15) is 13.6 Å². The summed E-state index contributed by atoms with van der Waals surface area (Å²) in [5.41, 5.74) is 0.459. The van der Waals surface area contributed by atoms with Crippen molar-refractivity contribution in [1.29, 1.82) is 0 Å². The minimum atomic E-state index is -0.750. The highest BCUT2D eigenvalue weighted by molar-refractivity contribution is 7.99. The van der Waals surface area contributed by atoms with Crippen molar-refractivity contribution in [2.24, 2.45) is 0 Å². The van der Waals surface area contributed by atoms with Crippen LogP contribution >= 0.6 is 11.8 Å². The summed E-state index contributed by atoms with van der Waals surface area (Å²) >= 11 is 1.05. The molecule has 0 unspecified atom stereocenters. The van der Waals surface area contributed by atoms with E-state index in [-0.39, 0.29) is 11.3 Å². The van der Waals surface area contributed by atoms with Gasteiger partial charge in [0.05, 0.1) is 17.0 Å². The molecule has 1 aromatic heterocycles. The fourth-order valence-corrected chi connectivity index (χ4v) is 2.69. The molecule has 0 radical (unpaired) electrons. The lowest BCUT2D eigenvalue weighted by Gasteiger charge is -2.04. The number of aromatic nitrogens is 4. The van der Waals surface area contributed by atoms with Crippen molar-refractivity contribution in [3.63, 3.8) is 0 Å². The van der Waals surface area contributed by atoms with Crippen LogP contribution in [0.2, 0.25) is 0 Å². The molecule has 3 aromatic rings. The van der Waals surface area contributed by atoms with Crippen LogP contribution in [0.15, 0.2) is 53.7 Å². The molecule has 0 aliphatic carbocycles. The first-order valence-electron chi connectivity index (χ1n) is 6.60. The van der Waals surface area contributed by atoms with Crippen LogP contribution < -0.4 is 0 Å². The van der Waals surface area contributed by atoms with Gasteiger partial charge in [-0.2, -0.15) is 4.68 Å². The molecule has 0 amide bonds. The number of ketones is 1. The second-order valence-corrected chi connectivity index (χ2v) is 5.49. The van der Waals surface area contributed by atoms with E-state index in [1.54, 1.807) is 0 Å². The van der Waals surface area contributed by atoms with Crippen molar-refractivity contribution in [1.82, 2.24) is 20.2 Å². The first-order valence-corrected chi connectivity index (χ1v) is 7.58. The zero-order valence-electron chi connectivity index (χ0n) is 11.7. The molecule has 1 heterocycles. The molecule has 5 nitrogen and oxygen atoms in total. The molecule has 116 valence electrons. The van der Waals surface area contributed by atoms with E-state index in [0.717, 1.165) is 35.6 Å². The minimum Gasteiger partial charge on any atom is -0.293 e. The van der Waals surface area contributed by atoms with E-state index < -0.39 is 17.4 Å². The van der Waals surface area contributed by atoms with Crippen LogP contribution in [0, 0.1) is 11.6 Å². The second-order valence-electron chi connectivity index (χ2n) is 4.54. The number of benzene rings is 2. The average Bonchev–Trinajstić information content (AvgIpc) is 3.04. The zero-order valence-corrected chi connectivity index (χ0v) is 12.5. The standard InChI is InChI=1S/C15H10F2N4OS/c16-10-6-7-13(17)12(8-10)14(22)9-23-15-18-19-20-21(15)11-4-2-1-3-5-11/h1-8H,9H2. The van der Waals surface area contributed by atoms with Gasteiger partial charge in [-0.25, -0.2) is 8.78 Å². The van der Waals surface area contributed by atoms with E-state index in [4.69, 9.17) is 0 Å². The van der Waals surface area contributed by atoms with Crippen molar-refractivity contribution in [3.8, 4) is 5.69 Å². The van der Waals surface area contributed by atoms with Crippen molar-refractivity contribution in [2.45, 2.75) is 5.16 Å². The number of Topliss-reactive ketones (excluding diaryl/α,β-unsaturated/α-hetero) is 1. The number of halogens is 2. The normalized spacial score (nSPS) is 10.7. The maximum absolute atomic E-state index is 13.6. The lowest BCUT2D eigenvalue weighted by molar-refractivity contribution is 0.101. The summed E-state index contributed by atoms with van der Waals surface area (Å²) in [4.78, 5) is 12.1. The van der Waals surface area contributed by atoms with Crippen LogP contribution in [0.4, 0.5) is 8.78 Å². The van der Waals surface area contributed by atoms with Gasteiger partial charge in [-0.05, 0) is 40.8 Å². The van der Waals surface area contributed by atoms with Crippen LogP contribution in [-0.4, -0.2) is 31.7 Å². The summed E-state index contributed by atoms with van der Waals surface area (Å²) in [5.74, 6) is -2.05. The van der Waals surface area contributed by atoms with Crippen molar-refractivity contribution < 1.29 is 13.6 Å². The van der Waals surface area contributed by atoms with E-state index in [1.807, 2.05) is 30.3 Å². The second kappa shape index (κ2) is 6.66. The fourth-order valence-electron chi connectivity index (χ4n) is 1.92. The van der Waals surface area contributed by atoms with Crippen molar-refractivity contribution in [3.05, 3.63) is 65.7 Å². The Kier molecular flexibility index (Phi) is 4.42. The Labute approximate surface area is 134 Å². The number of hydrogen-bond acceptors (Lipinski definition) is 5. The monoisotopic (exact) mass is 332 g/mol. The lowest BCUT2D eigenvalue weighted by atomic mass is 10.1. The predicted octanol–water partition coefficient (Wildman–Crippen LogP) is 2.92. The Morgan fingerprint density at radius 3 is 2.70 bits per heavy atom. The smallest absolute Gasteiger partial charge is 0.214 e. The number of nitrogens with zero attached hydrogens (tertiary/aromatic N) is 4. The lowest BCUT2D eigenvalue weighted by Crippen LogP contribution is -2.07. The number of tetrazole rings is 1. The van der Waals surface area contributed by atoms with Gasteiger partial charge in [-0.1, -0.05) is 30.0 Å². The van der Waals surface area contributed by atoms with Crippen LogP contribution in [0.25, 0.3) is 5.69 Å². The molecule has 0 bridgehead atoms. The highest BCUT2D eigenvalue weighted by atomic mass is 32.2. The first kappa shape index (κ1) is 15.3. The number of thioether (sulfide) groups is 1. The molecule has 0 atom stereocenters. The largest absolute Gasteiger partial charge is 0.293 e. The van der Waals surface area contributed by atoms with Gasteiger partial charge in [0, 0.05) is 0 Å². The van der Waals surface area contributed by atoms with Crippen molar-refractivity contribution in [2.75, 3.05) is 5.75 Å². The van der Waals surface area contributed by atoms with Gasteiger partial charge in [0.25, 0.3) is 0 Å². The summed E-state index contributed by atoms with van der Waals surface area (Å²) in [7, 11) is 0. The molecule has 23 heavy (non-hydrogen) atoms. The molecule has 0 aliphatic rings. The highest BCUT2D eigenvalue weighted by Gasteiger charge is 2.16. The van der Waals surface area contributed by atoms with Gasteiger partial charge in [0.2, 0.25) is 5.16 Å². The summed E-state index contributed by atoms with van der Waals surface area (Å²) in [6, 6.07) is 11.9. The number of rotatable bonds is 5. The van der Waals surface area contributed by atoms with Gasteiger partial charge in [-0.15, -0.1) is 5.10 Å². The predicted molar refractivity (Wildman–Crippen MR) is 80.6 cm³/mol. The summed E-state index contributed by atoms with van der Waals surface area (Å²) in [6.07, 6.45) is 0. The molecule has 0 saturated carbocycles. The summed E-state index contributed by atoms with van der Waals surface area (Å²) < 4.78 is 28.2. The first-order chi connectivity index (χ1) is 11.1. The summed E-state index contributed by atoms with van der Waals surface area (Å²) in [6.45, 7) is 0. The van der Waals surface area contributed by atoms with E-state index in [1.165, 1.54) is 4.68 Å². The van der Waals surface area contributed by atoms with Gasteiger partial charge in [0.15, 0.2) is 5.78 Å². The third kappa shape index (κ3) is 3.42. The molecule has 3 rings (SSSR count). The Morgan fingerprint density at radius 2 is 1.91 bits per heavy atom. The Bertz CT molecular complexity index is 839. The minimum absolute atomic E-state index is 0.104. The van der Waals surface area contributed by atoms with Crippen LogP contribution in [0.5, 0.6) is 0 Å². The Hall–Kier alpha value is -2.61. The maximum Gasteiger partial charge on any atom is 0.214 e. The molecule has 0 saturated heterocycles. The third-order valence-corrected chi connectivity index (χ3v) is 3.92. The molecule has 0 spiro atoms. The third-order valence-electron chi connectivity index (χ3n) is 3.00. The van der Waals surface area contributed by atoms with E-state index in [2.05, 4.69) is 15.5 Å². The van der Waals surface area contributed by atoms with E-state index in [0.29, 0.717) is 5.16 Å². The van der Waals surface area contributed by atoms with Gasteiger partial charge < -0.3 is 0 Å². The van der Waals surface area contributed by atoms with Crippen LogP contribution in [0.1, 0.15) is 10.4 Å². The quantitative estimate of drug-likeness (QED) is 0.531. The average molecular weight is 332 g/mol. The van der Waals surface area contributed by atoms with Crippen molar-refractivity contribution >= 4 is 17.5 Å². The number of para-hydroxylation sites is 1. The maximum atomic E-state index is 13.6. The number of carbonyl (C=O) groups excluding carboxylic acids is 1. The topological polar surface area (TPSA) is 60.7 Å². The zero-order chi connectivity index (χ0) is 16.2. The number of hydrogen-bond donors (Lipinski definition) is 0. The Balaban J connectivity index is 1.76. The van der Waals surface area contributed by atoms with Crippen LogP contribution in [-0.2, 0) is 0 Å². The van der Waals surface area contributed by atoms with Gasteiger partial charge in [0.1, 0.15) is 11.6 Å². The molecule has 2 aromatic carbocycles. The molecular formula is C15H10F2N4OS. The molecule has 8 heteroatoms. The molecular weight excluding hydrogens is 322 g/mol. The highest BCUT2D eigenvalue weighted by Crippen LogP contribution is 2.20. The fraction of sp³-hybridized carbons (Fsp3) is 0.0667. The number of carbonyl (C=O) groups is 1. The molecule has 0 N–H and O–H groups in total. The van der Waals surface area contributed by atoms with E-state index >= 15 is 0 Å².